The van der Waals surface area contributed by atoms with E-state index < -0.39 is 0 Å². The quantitative estimate of drug-likeness (QED) is 0.833. The number of nitrogen functional groups attached to an aromatic ring is 1. The van der Waals surface area contributed by atoms with E-state index >= 15 is 0 Å². The Morgan fingerprint density at radius 2 is 2.14 bits per heavy atom. The van der Waals surface area contributed by atoms with Crippen molar-refractivity contribution < 1.29 is 0 Å². The van der Waals surface area contributed by atoms with Crippen LogP contribution in [0.25, 0.3) is 0 Å². The van der Waals surface area contributed by atoms with Gasteiger partial charge in [0.1, 0.15) is 5.82 Å². The van der Waals surface area contributed by atoms with Crippen LogP contribution in [0.1, 0.15) is 38.3 Å². The molecule has 0 aliphatic carbocycles. The highest BCUT2D eigenvalue weighted by Crippen LogP contribution is 2.28. The molecule has 0 amide bonds. The average molecular weight is 302 g/mol. The molecule has 1 aliphatic heterocycles. The molecule has 1 fully saturated rings. The maximum absolute atomic E-state index is 6.11. The van der Waals surface area contributed by atoms with Gasteiger partial charge < -0.3 is 16.4 Å². The van der Waals surface area contributed by atoms with E-state index in [1.54, 1.807) is 7.05 Å². The number of hydrogen-bond acceptors (Lipinski definition) is 6. The van der Waals surface area contributed by atoms with Gasteiger partial charge in [-0.3, -0.25) is 4.99 Å². The van der Waals surface area contributed by atoms with Gasteiger partial charge in [-0.15, -0.1) is 0 Å². The normalized spacial score (nSPS) is 20.9. The first-order valence-corrected chi connectivity index (χ1v) is 7.79. The Kier molecular flexibility index (Phi) is 5.35. The molecule has 0 aromatic carbocycles. The van der Waals surface area contributed by atoms with Gasteiger partial charge in [0, 0.05) is 42.8 Å². The zero-order valence-corrected chi connectivity index (χ0v) is 13.7. The molecule has 0 saturated carbocycles. The van der Waals surface area contributed by atoms with Crippen LogP contribution in [0.2, 0.25) is 0 Å². The zero-order valence-electron chi connectivity index (χ0n) is 13.7. The lowest BCUT2D eigenvalue weighted by atomic mass is 10.00. The first-order valence-electron chi connectivity index (χ1n) is 7.79. The number of aryl methyl sites for hydroxylation is 1. The summed E-state index contributed by atoms with van der Waals surface area (Å²) < 4.78 is 0. The second-order valence-electron chi connectivity index (χ2n) is 5.81. The fourth-order valence-electron chi connectivity index (χ4n) is 3.02. The van der Waals surface area contributed by atoms with Crippen molar-refractivity contribution >= 4 is 18.0 Å². The molecule has 0 radical (unpaired) electrons. The van der Waals surface area contributed by atoms with Crippen LogP contribution in [0.15, 0.2) is 22.3 Å². The van der Waals surface area contributed by atoms with Crippen LogP contribution in [0.4, 0.5) is 11.8 Å². The molecule has 1 aliphatic rings. The summed E-state index contributed by atoms with van der Waals surface area (Å²) in [4.78, 5) is 15.1. The van der Waals surface area contributed by atoms with Gasteiger partial charge in [-0.1, -0.05) is 12.8 Å². The van der Waals surface area contributed by atoms with Crippen molar-refractivity contribution in [3.8, 4) is 0 Å². The maximum Gasteiger partial charge on any atom is 0.222 e. The van der Waals surface area contributed by atoms with Crippen LogP contribution >= 0.6 is 0 Å². The van der Waals surface area contributed by atoms with Crippen molar-refractivity contribution in [3.63, 3.8) is 0 Å². The summed E-state index contributed by atoms with van der Waals surface area (Å²) in [5.41, 5.74) is 14.7. The molecule has 1 saturated heterocycles. The van der Waals surface area contributed by atoms with Crippen LogP contribution in [0.3, 0.4) is 0 Å². The van der Waals surface area contributed by atoms with Gasteiger partial charge in [-0.2, -0.15) is 4.98 Å². The highest BCUT2D eigenvalue weighted by Gasteiger charge is 2.26. The van der Waals surface area contributed by atoms with E-state index in [-0.39, 0.29) is 6.04 Å². The third-order valence-corrected chi connectivity index (χ3v) is 3.99. The number of nitrogens with two attached hydrogens (primary N) is 2. The second-order valence-corrected chi connectivity index (χ2v) is 5.81. The first kappa shape index (κ1) is 16.3. The smallest absolute Gasteiger partial charge is 0.222 e. The van der Waals surface area contributed by atoms with Gasteiger partial charge in [0.25, 0.3) is 0 Å². The number of aromatic nitrogens is 2. The molecule has 4 N–H and O–H groups in total. The SMILES string of the molecule is CN=CC(=C(C)N)C1CCCCCN1c1cc(C)nc(N)n1. The van der Waals surface area contributed by atoms with E-state index in [0.717, 1.165) is 42.2 Å². The van der Waals surface area contributed by atoms with Crippen LogP contribution in [-0.2, 0) is 0 Å². The zero-order chi connectivity index (χ0) is 16.1. The summed E-state index contributed by atoms with van der Waals surface area (Å²) in [5, 5.41) is 0. The lowest BCUT2D eigenvalue weighted by Gasteiger charge is -2.32. The van der Waals surface area contributed by atoms with Crippen LogP contribution in [0.5, 0.6) is 0 Å². The second kappa shape index (κ2) is 7.24. The Hall–Kier alpha value is -2.11. The van der Waals surface area contributed by atoms with Crippen molar-refractivity contribution in [1.82, 2.24) is 9.97 Å². The summed E-state index contributed by atoms with van der Waals surface area (Å²) >= 11 is 0. The predicted molar refractivity (Wildman–Crippen MR) is 92.1 cm³/mol. The number of nitrogens with zero attached hydrogens (tertiary/aromatic N) is 4. The molecular formula is C16H26N6. The summed E-state index contributed by atoms with van der Waals surface area (Å²) in [5.74, 6) is 1.19. The number of aliphatic imine (C=N–C) groups is 1. The summed E-state index contributed by atoms with van der Waals surface area (Å²) in [7, 11) is 1.77. The van der Waals surface area contributed by atoms with Crippen molar-refractivity contribution in [2.45, 2.75) is 45.6 Å². The Bertz CT molecular complexity index is 554. The summed E-state index contributed by atoms with van der Waals surface area (Å²) in [6.45, 7) is 4.81. The molecule has 2 heterocycles. The largest absolute Gasteiger partial charge is 0.402 e. The average Bonchev–Trinajstić information content (AvgIpc) is 2.68. The summed E-state index contributed by atoms with van der Waals surface area (Å²) in [6, 6.07) is 2.17. The van der Waals surface area contributed by atoms with Gasteiger partial charge in [-0.05, 0) is 26.7 Å². The lowest BCUT2D eigenvalue weighted by molar-refractivity contribution is 0.642. The van der Waals surface area contributed by atoms with E-state index in [9.17, 15) is 0 Å². The van der Waals surface area contributed by atoms with Gasteiger partial charge in [0.2, 0.25) is 5.95 Å². The standard InChI is InChI=1S/C16H26N6/c1-11-9-15(21-16(18)20-11)22-8-6-4-5-7-14(22)13(10-19-3)12(2)17/h9-10,14H,4-8,17H2,1-3H3,(H2,18,20,21). The maximum atomic E-state index is 6.11. The first-order chi connectivity index (χ1) is 10.5. The summed E-state index contributed by atoms with van der Waals surface area (Å²) in [6.07, 6.45) is 6.44. The molecule has 6 nitrogen and oxygen atoms in total. The minimum absolute atomic E-state index is 0.185. The van der Waals surface area contributed by atoms with E-state index in [0.29, 0.717) is 5.95 Å². The molecule has 1 aromatic rings. The molecule has 1 atom stereocenters. The van der Waals surface area contributed by atoms with Gasteiger partial charge in [0.05, 0.1) is 6.04 Å². The highest BCUT2D eigenvalue weighted by molar-refractivity contribution is 5.82. The van der Waals surface area contributed by atoms with Crippen LogP contribution in [-0.4, -0.2) is 35.8 Å². The van der Waals surface area contributed by atoms with E-state index in [1.807, 2.05) is 26.1 Å². The molecule has 0 bridgehead atoms. The van der Waals surface area contributed by atoms with Crippen molar-refractivity contribution in [2.75, 3.05) is 24.2 Å². The molecule has 2 rings (SSSR count). The Morgan fingerprint density at radius 3 is 2.77 bits per heavy atom. The van der Waals surface area contributed by atoms with Crippen LogP contribution < -0.4 is 16.4 Å². The number of allylic oxidation sites excluding steroid dienone is 1. The molecule has 120 valence electrons. The Morgan fingerprint density at radius 1 is 1.36 bits per heavy atom. The van der Waals surface area contributed by atoms with Gasteiger partial charge >= 0.3 is 0 Å². The van der Waals surface area contributed by atoms with Gasteiger partial charge in [-0.25, -0.2) is 4.98 Å². The predicted octanol–water partition coefficient (Wildman–Crippen LogP) is 2.05. The minimum atomic E-state index is 0.185. The van der Waals surface area contributed by atoms with E-state index in [2.05, 4.69) is 19.9 Å². The minimum Gasteiger partial charge on any atom is -0.402 e. The Balaban J connectivity index is 2.45. The molecule has 6 heteroatoms. The number of anilines is 2. The van der Waals surface area contributed by atoms with Gasteiger partial charge in [0.15, 0.2) is 0 Å². The number of hydrogen-bond donors (Lipinski definition) is 2. The van der Waals surface area contributed by atoms with Crippen LogP contribution in [0, 0.1) is 6.92 Å². The molecule has 1 unspecified atom stereocenters. The molecule has 0 spiro atoms. The Labute approximate surface area is 132 Å². The van der Waals surface area contributed by atoms with E-state index in [4.69, 9.17) is 11.5 Å². The van der Waals surface area contributed by atoms with Crippen molar-refractivity contribution in [1.29, 1.82) is 0 Å². The topological polar surface area (TPSA) is 93.4 Å². The van der Waals surface area contributed by atoms with Crippen molar-refractivity contribution in [2.24, 2.45) is 10.7 Å². The lowest BCUT2D eigenvalue weighted by Crippen LogP contribution is -2.38. The third kappa shape index (κ3) is 3.75. The fraction of sp³-hybridized carbons (Fsp3) is 0.562. The molecular weight excluding hydrogens is 276 g/mol. The number of rotatable bonds is 3. The van der Waals surface area contributed by atoms with E-state index in [1.165, 1.54) is 12.8 Å². The fourth-order valence-corrected chi connectivity index (χ4v) is 3.02. The third-order valence-electron chi connectivity index (χ3n) is 3.99. The molecule has 22 heavy (non-hydrogen) atoms. The molecule has 1 aromatic heterocycles. The highest BCUT2D eigenvalue weighted by atomic mass is 15.2. The monoisotopic (exact) mass is 302 g/mol. The van der Waals surface area contributed by atoms with Crippen molar-refractivity contribution in [3.05, 3.63) is 23.0 Å².